The summed E-state index contributed by atoms with van der Waals surface area (Å²) < 4.78 is 71.6. The van der Waals surface area contributed by atoms with Crippen LogP contribution in [0, 0.1) is 6.92 Å². The number of nitrogens with zero attached hydrogens (tertiary/aromatic N) is 3. The molecule has 1 fully saturated rings. The number of aromatic nitrogens is 2. The molecule has 2 aromatic rings. The van der Waals surface area contributed by atoms with Crippen molar-refractivity contribution in [2.75, 3.05) is 25.1 Å². The Bertz CT molecular complexity index is 975. The van der Waals surface area contributed by atoms with Crippen LogP contribution >= 0.6 is 0 Å². The third-order valence-electron chi connectivity index (χ3n) is 4.76. The SMILES string of the molecule is COc1ccc(S(=O)(=O)NC2CCN(c3cc(C(F)(F)F)ncn3)CC2)cc1C. The van der Waals surface area contributed by atoms with E-state index in [9.17, 15) is 21.6 Å². The van der Waals surface area contributed by atoms with Crippen LogP contribution in [0.25, 0.3) is 0 Å². The van der Waals surface area contributed by atoms with Gasteiger partial charge in [-0.2, -0.15) is 13.2 Å². The first-order valence-corrected chi connectivity index (χ1v) is 10.4. The van der Waals surface area contributed by atoms with Gasteiger partial charge in [0.25, 0.3) is 0 Å². The largest absolute Gasteiger partial charge is 0.496 e. The Morgan fingerprint density at radius 3 is 2.45 bits per heavy atom. The maximum atomic E-state index is 12.8. The van der Waals surface area contributed by atoms with Crippen molar-refractivity contribution in [2.45, 2.75) is 36.9 Å². The first-order chi connectivity index (χ1) is 13.6. The third-order valence-corrected chi connectivity index (χ3v) is 6.28. The quantitative estimate of drug-likeness (QED) is 0.785. The molecule has 3 rings (SSSR count). The van der Waals surface area contributed by atoms with Gasteiger partial charge in [0.2, 0.25) is 10.0 Å². The minimum atomic E-state index is -4.54. The van der Waals surface area contributed by atoms with Crippen LogP contribution in [-0.2, 0) is 16.2 Å². The lowest BCUT2D eigenvalue weighted by Gasteiger charge is -2.33. The van der Waals surface area contributed by atoms with Crippen molar-refractivity contribution in [2.24, 2.45) is 0 Å². The Hall–Kier alpha value is -2.40. The molecule has 158 valence electrons. The van der Waals surface area contributed by atoms with E-state index in [0.29, 0.717) is 37.2 Å². The maximum absolute atomic E-state index is 12.8. The highest BCUT2D eigenvalue weighted by Crippen LogP contribution is 2.30. The fraction of sp³-hybridized carbons (Fsp3) is 0.444. The van der Waals surface area contributed by atoms with E-state index in [0.717, 1.165) is 12.4 Å². The molecular formula is C18H21F3N4O3S. The van der Waals surface area contributed by atoms with Crippen LogP contribution in [0.5, 0.6) is 5.75 Å². The van der Waals surface area contributed by atoms with E-state index >= 15 is 0 Å². The Labute approximate surface area is 167 Å². The highest BCUT2D eigenvalue weighted by molar-refractivity contribution is 7.89. The number of aryl methyl sites for hydroxylation is 1. The van der Waals surface area contributed by atoms with Crippen molar-refractivity contribution >= 4 is 15.8 Å². The Balaban J connectivity index is 1.64. The molecule has 1 N–H and O–H groups in total. The summed E-state index contributed by atoms with van der Waals surface area (Å²) >= 11 is 0. The molecule has 1 saturated heterocycles. The summed E-state index contributed by atoms with van der Waals surface area (Å²) in [5.74, 6) is 0.778. The third kappa shape index (κ3) is 4.96. The van der Waals surface area contributed by atoms with E-state index in [1.165, 1.54) is 19.2 Å². The molecule has 7 nitrogen and oxygen atoms in total. The number of nitrogens with one attached hydrogen (secondary N) is 1. The van der Waals surface area contributed by atoms with Gasteiger partial charge in [-0.3, -0.25) is 0 Å². The number of benzene rings is 1. The van der Waals surface area contributed by atoms with Crippen molar-refractivity contribution in [3.05, 3.63) is 41.9 Å². The van der Waals surface area contributed by atoms with Gasteiger partial charge in [0.1, 0.15) is 23.6 Å². The molecular weight excluding hydrogens is 409 g/mol. The summed E-state index contributed by atoms with van der Waals surface area (Å²) in [7, 11) is -2.20. The lowest BCUT2D eigenvalue weighted by molar-refractivity contribution is -0.141. The highest BCUT2D eigenvalue weighted by atomic mass is 32.2. The monoisotopic (exact) mass is 430 g/mol. The van der Waals surface area contributed by atoms with Gasteiger partial charge in [0.05, 0.1) is 12.0 Å². The Morgan fingerprint density at radius 1 is 1.17 bits per heavy atom. The fourth-order valence-corrected chi connectivity index (χ4v) is 4.60. The molecule has 29 heavy (non-hydrogen) atoms. The number of alkyl halides is 3. The van der Waals surface area contributed by atoms with E-state index in [2.05, 4.69) is 14.7 Å². The second-order valence-electron chi connectivity index (χ2n) is 6.77. The van der Waals surface area contributed by atoms with Crippen molar-refractivity contribution in [3.8, 4) is 5.75 Å². The number of piperidine rings is 1. The average molecular weight is 430 g/mol. The van der Waals surface area contributed by atoms with Crippen molar-refractivity contribution in [1.29, 1.82) is 0 Å². The van der Waals surface area contributed by atoms with Gasteiger partial charge >= 0.3 is 6.18 Å². The molecule has 0 saturated carbocycles. The molecule has 11 heteroatoms. The zero-order chi connectivity index (χ0) is 21.2. The summed E-state index contributed by atoms with van der Waals surface area (Å²) in [6.45, 7) is 2.51. The molecule has 2 heterocycles. The predicted molar refractivity (Wildman–Crippen MR) is 100 cm³/mol. The molecule has 0 amide bonds. The molecule has 1 aliphatic heterocycles. The van der Waals surface area contributed by atoms with Crippen LogP contribution in [-0.4, -0.2) is 44.6 Å². The standard InChI is InChI=1S/C18H21F3N4O3S/c1-12-9-14(3-4-15(12)28-2)29(26,27)24-13-5-7-25(8-6-13)17-10-16(18(19,20)21)22-11-23-17/h3-4,9-11,13,24H,5-8H2,1-2H3. The maximum Gasteiger partial charge on any atom is 0.433 e. The van der Waals surface area contributed by atoms with Gasteiger partial charge in [0.15, 0.2) is 0 Å². The fourth-order valence-electron chi connectivity index (χ4n) is 3.21. The number of sulfonamides is 1. The number of rotatable bonds is 5. The second kappa shape index (κ2) is 8.15. The molecule has 0 bridgehead atoms. The molecule has 1 aliphatic rings. The van der Waals surface area contributed by atoms with Crippen molar-refractivity contribution in [1.82, 2.24) is 14.7 Å². The summed E-state index contributed by atoms with van der Waals surface area (Å²) in [5, 5.41) is 0. The van der Waals surface area contributed by atoms with Crippen LogP contribution in [0.3, 0.4) is 0 Å². The Morgan fingerprint density at radius 2 is 1.86 bits per heavy atom. The summed E-state index contributed by atoms with van der Waals surface area (Å²) in [5.41, 5.74) is -0.297. The van der Waals surface area contributed by atoms with Gasteiger partial charge in [-0.1, -0.05) is 0 Å². The van der Waals surface area contributed by atoms with Crippen LogP contribution in [0.1, 0.15) is 24.1 Å². The summed E-state index contributed by atoms with van der Waals surface area (Å²) in [6, 6.07) is 5.20. The van der Waals surface area contributed by atoms with Crippen LogP contribution in [0.2, 0.25) is 0 Å². The molecule has 0 unspecified atom stereocenters. The molecule has 0 atom stereocenters. The predicted octanol–water partition coefficient (Wildman–Crippen LogP) is 2.76. The van der Waals surface area contributed by atoms with Gasteiger partial charge in [-0.05, 0) is 43.5 Å². The zero-order valence-electron chi connectivity index (χ0n) is 15.9. The molecule has 1 aromatic carbocycles. The van der Waals surface area contributed by atoms with Gasteiger partial charge in [-0.15, -0.1) is 0 Å². The number of methoxy groups -OCH3 is 1. The second-order valence-corrected chi connectivity index (χ2v) is 8.49. The molecule has 0 spiro atoms. The minimum Gasteiger partial charge on any atom is -0.496 e. The zero-order valence-corrected chi connectivity index (χ0v) is 16.7. The van der Waals surface area contributed by atoms with E-state index in [4.69, 9.17) is 4.74 Å². The number of anilines is 1. The first kappa shape index (κ1) is 21.3. The van der Waals surface area contributed by atoms with Crippen LogP contribution < -0.4 is 14.4 Å². The van der Waals surface area contributed by atoms with Gasteiger partial charge in [-0.25, -0.2) is 23.1 Å². The van der Waals surface area contributed by atoms with Gasteiger partial charge < -0.3 is 9.64 Å². The number of hydrogen-bond acceptors (Lipinski definition) is 6. The number of hydrogen-bond donors (Lipinski definition) is 1. The van der Waals surface area contributed by atoms with Crippen LogP contribution in [0.4, 0.5) is 19.0 Å². The average Bonchev–Trinajstić information content (AvgIpc) is 2.67. The van der Waals surface area contributed by atoms with Crippen molar-refractivity contribution in [3.63, 3.8) is 0 Å². The van der Waals surface area contributed by atoms with Gasteiger partial charge in [0, 0.05) is 25.2 Å². The van der Waals surface area contributed by atoms with E-state index in [1.54, 1.807) is 17.9 Å². The topological polar surface area (TPSA) is 84.4 Å². The number of ether oxygens (including phenoxy) is 1. The molecule has 1 aromatic heterocycles. The first-order valence-electron chi connectivity index (χ1n) is 8.91. The smallest absolute Gasteiger partial charge is 0.433 e. The summed E-state index contributed by atoms with van der Waals surface area (Å²) in [4.78, 5) is 9.01. The number of halogens is 3. The highest BCUT2D eigenvalue weighted by Gasteiger charge is 2.34. The molecule has 0 radical (unpaired) electrons. The summed E-state index contributed by atoms with van der Waals surface area (Å²) in [6.07, 6.45) is -2.76. The van der Waals surface area contributed by atoms with Crippen LogP contribution in [0.15, 0.2) is 35.5 Å². The van der Waals surface area contributed by atoms with E-state index in [-0.39, 0.29) is 16.8 Å². The van der Waals surface area contributed by atoms with E-state index in [1.807, 2.05) is 0 Å². The normalized spacial score (nSPS) is 16.1. The van der Waals surface area contributed by atoms with Crippen molar-refractivity contribution < 1.29 is 26.3 Å². The molecule has 0 aliphatic carbocycles. The van der Waals surface area contributed by atoms with E-state index < -0.39 is 21.9 Å². The minimum absolute atomic E-state index is 0.142. The lowest BCUT2D eigenvalue weighted by Crippen LogP contribution is -2.45. The lowest BCUT2D eigenvalue weighted by atomic mass is 10.1. The Kier molecular flexibility index (Phi) is 5.99.